The van der Waals surface area contributed by atoms with Crippen LogP contribution in [-0.4, -0.2) is 35.8 Å². The number of nitrogens with one attached hydrogen (secondary N) is 1. The van der Waals surface area contributed by atoms with Gasteiger partial charge in [-0.25, -0.2) is 0 Å². The van der Waals surface area contributed by atoms with Gasteiger partial charge < -0.3 is 16.0 Å². The largest absolute Gasteiger partial charge is 0.352 e. The van der Waals surface area contributed by atoms with Crippen molar-refractivity contribution in [3.63, 3.8) is 0 Å². The van der Waals surface area contributed by atoms with Crippen LogP contribution < -0.4 is 11.1 Å². The normalized spacial score (nSPS) is 19.0. The van der Waals surface area contributed by atoms with Crippen molar-refractivity contribution >= 4 is 11.8 Å². The second kappa shape index (κ2) is 7.94. The van der Waals surface area contributed by atoms with Crippen LogP contribution >= 0.6 is 0 Å². The zero-order valence-corrected chi connectivity index (χ0v) is 13.1. The molecule has 1 fully saturated rings. The highest BCUT2D eigenvalue weighted by Gasteiger charge is 2.33. The fraction of sp³-hybridized carbons (Fsp3) is 0.529. The molecule has 2 rings (SSSR count). The maximum absolute atomic E-state index is 12.3. The van der Waals surface area contributed by atoms with E-state index in [-0.39, 0.29) is 23.9 Å². The number of hydrogen-bond acceptors (Lipinski definition) is 3. The summed E-state index contributed by atoms with van der Waals surface area (Å²) in [6.07, 6.45) is 2.94. The summed E-state index contributed by atoms with van der Waals surface area (Å²) < 4.78 is 0. The van der Waals surface area contributed by atoms with Gasteiger partial charge in [-0.1, -0.05) is 37.3 Å². The molecule has 1 saturated heterocycles. The van der Waals surface area contributed by atoms with Gasteiger partial charge in [-0.05, 0) is 24.8 Å². The van der Waals surface area contributed by atoms with E-state index in [1.165, 1.54) is 0 Å². The number of hydrogen-bond donors (Lipinski definition) is 2. The van der Waals surface area contributed by atoms with E-state index in [4.69, 9.17) is 5.73 Å². The van der Waals surface area contributed by atoms with Gasteiger partial charge in [-0.3, -0.25) is 9.59 Å². The fourth-order valence-corrected chi connectivity index (χ4v) is 2.84. The second-order valence-corrected chi connectivity index (χ2v) is 5.76. The van der Waals surface area contributed by atoms with Crippen LogP contribution in [0.2, 0.25) is 0 Å². The van der Waals surface area contributed by atoms with Crippen molar-refractivity contribution in [3.05, 3.63) is 35.9 Å². The van der Waals surface area contributed by atoms with Crippen LogP contribution in [-0.2, 0) is 9.59 Å². The molecule has 1 aliphatic rings. The first-order valence-corrected chi connectivity index (χ1v) is 8.01. The summed E-state index contributed by atoms with van der Waals surface area (Å²) in [7, 11) is 0. The molecule has 1 heterocycles. The van der Waals surface area contributed by atoms with Crippen LogP contribution in [0.15, 0.2) is 30.3 Å². The van der Waals surface area contributed by atoms with Crippen LogP contribution in [0.25, 0.3) is 0 Å². The summed E-state index contributed by atoms with van der Waals surface area (Å²) in [5, 5.41) is 2.89. The summed E-state index contributed by atoms with van der Waals surface area (Å²) in [6.45, 7) is 3.04. The van der Waals surface area contributed by atoms with Crippen LogP contribution in [0.4, 0.5) is 0 Å². The van der Waals surface area contributed by atoms with E-state index < -0.39 is 0 Å². The predicted octanol–water partition coefficient (Wildman–Crippen LogP) is 1.59. The van der Waals surface area contributed by atoms with Gasteiger partial charge in [-0.2, -0.15) is 0 Å². The summed E-state index contributed by atoms with van der Waals surface area (Å²) >= 11 is 0. The smallest absolute Gasteiger partial charge is 0.242 e. The van der Waals surface area contributed by atoms with Crippen molar-refractivity contribution in [3.8, 4) is 0 Å². The van der Waals surface area contributed by atoms with Crippen LogP contribution in [0.3, 0.4) is 0 Å². The molecular formula is C17H25N3O2. The zero-order chi connectivity index (χ0) is 15.9. The molecule has 5 heteroatoms. The predicted molar refractivity (Wildman–Crippen MR) is 86.0 cm³/mol. The van der Waals surface area contributed by atoms with Gasteiger partial charge in [0, 0.05) is 25.6 Å². The third-order valence-electron chi connectivity index (χ3n) is 4.06. The van der Waals surface area contributed by atoms with E-state index in [0.29, 0.717) is 19.5 Å². The molecule has 0 aliphatic carbocycles. The molecule has 22 heavy (non-hydrogen) atoms. The first-order valence-electron chi connectivity index (χ1n) is 8.01. The number of nitrogens with zero attached hydrogens (tertiary/aromatic N) is 1. The minimum Gasteiger partial charge on any atom is -0.352 e. The minimum atomic E-state index is -0.331. The van der Waals surface area contributed by atoms with E-state index in [1.807, 2.05) is 37.3 Å². The summed E-state index contributed by atoms with van der Waals surface area (Å²) in [4.78, 5) is 26.1. The molecule has 0 aromatic heterocycles. The third kappa shape index (κ3) is 4.07. The quantitative estimate of drug-likeness (QED) is 0.838. The Morgan fingerprint density at radius 1 is 1.36 bits per heavy atom. The lowest BCUT2D eigenvalue weighted by atomic mass is 10.1. The van der Waals surface area contributed by atoms with Crippen LogP contribution in [0.5, 0.6) is 0 Å². The lowest BCUT2D eigenvalue weighted by molar-refractivity contribution is -0.138. The number of rotatable bonds is 6. The molecular weight excluding hydrogens is 278 g/mol. The van der Waals surface area contributed by atoms with Crippen molar-refractivity contribution < 1.29 is 9.59 Å². The number of amides is 2. The van der Waals surface area contributed by atoms with E-state index >= 15 is 0 Å². The average molecular weight is 303 g/mol. The van der Waals surface area contributed by atoms with E-state index in [9.17, 15) is 9.59 Å². The number of likely N-dealkylation sites (tertiary alicyclic amines) is 1. The van der Waals surface area contributed by atoms with E-state index in [0.717, 1.165) is 24.8 Å². The molecule has 1 aromatic carbocycles. The Kier molecular flexibility index (Phi) is 5.95. The molecule has 3 N–H and O–H groups in total. The number of carbonyl (C=O) groups excluding carboxylic acids is 2. The second-order valence-electron chi connectivity index (χ2n) is 5.76. The van der Waals surface area contributed by atoms with Crippen LogP contribution in [0, 0.1) is 0 Å². The highest BCUT2D eigenvalue weighted by atomic mass is 16.2. The van der Waals surface area contributed by atoms with Gasteiger partial charge in [-0.15, -0.1) is 0 Å². The Balaban J connectivity index is 1.87. The first-order chi connectivity index (χ1) is 10.6. The molecule has 2 amide bonds. The lowest BCUT2D eigenvalue weighted by Crippen LogP contribution is -2.47. The third-order valence-corrected chi connectivity index (χ3v) is 4.06. The van der Waals surface area contributed by atoms with Gasteiger partial charge in [0.2, 0.25) is 11.8 Å². The van der Waals surface area contributed by atoms with Crippen molar-refractivity contribution in [2.45, 2.75) is 44.7 Å². The number of benzene rings is 1. The maximum Gasteiger partial charge on any atom is 0.242 e. The maximum atomic E-state index is 12.3. The molecule has 0 saturated carbocycles. The molecule has 120 valence electrons. The van der Waals surface area contributed by atoms with Gasteiger partial charge in [0.15, 0.2) is 0 Å². The van der Waals surface area contributed by atoms with Crippen molar-refractivity contribution in [1.29, 1.82) is 0 Å². The first kappa shape index (κ1) is 16.5. The van der Waals surface area contributed by atoms with E-state index in [2.05, 4.69) is 5.32 Å². The molecule has 2 atom stereocenters. The topological polar surface area (TPSA) is 75.4 Å². The van der Waals surface area contributed by atoms with Crippen molar-refractivity contribution in [2.75, 3.05) is 13.1 Å². The van der Waals surface area contributed by atoms with Gasteiger partial charge >= 0.3 is 0 Å². The van der Waals surface area contributed by atoms with E-state index in [1.54, 1.807) is 4.90 Å². The molecule has 5 nitrogen and oxygen atoms in total. The van der Waals surface area contributed by atoms with Crippen molar-refractivity contribution in [1.82, 2.24) is 10.2 Å². The summed E-state index contributed by atoms with van der Waals surface area (Å²) in [5.41, 5.74) is 7.08. The van der Waals surface area contributed by atoms with Gasteiger partial charge in [0.1, 0.15) is 6.04 Å². The number of nitrogens with two attached hydrogens (primary N) is 1. The number of carbonyl (C=O) groups is 2. The monoisotopic (exact) mass is 303 g/mol. The summed E-state index contributed by atoms with van der Waals surface area (Å²) in [6, 6.07) is 9.13. The Morgan fingerprint density at radius 2 is 2.09 bits per heavy atom. The fourth-order valence-electron chi connectivity index (χ4n) is 2.84. The molecule has 1 aromatic rings. The molecule has 0 bridgehead atoms. The Labute approximate surface area is 131 Å². The molecule has 0 radical (unpaired) electrons. The zero-order valence-electron chi connectivity index (χ0n) is 13.1. The molecule has 2 unspecified atom stereocenters. The van der Waals surface area contributed by atoms with Gasteiger partial charge in [0.25, 0.3) is 0 Å². The van der Waals surface area contributed by atoms with Crippen LogP contribution in [0.1, 0.15) is 44.2 Å². The molecule has 0 spiro atoms. The average Bonchev–Trinajstić information content (AvgIpc) is 3.03. The minimum absolute atomic E-state index is 0.0764. The lowest BCUT2D eigenvalue weighted by Gasteiger charge is -2.24. The van der Waals surface area contributed by atoms with Gasteiger partial charge in [0.05, 0.1) is 0 Å². The molecule has 1 aliphatic heterocycles. The SMILES string of the molecule is CCCC(=O)N1CCCC1C(=O)NCC(N)c1ccccc1. The highest BCUT2D eigenvalue weighted by Crippen LogP contribution is 2.19. The highest BCUT2D eigenvalue weighted by molar-refractivity contribution is 5.88. The Morgan fingerprint density at radius 3 is 2.77 bits per heavy atom. The Hall–Kier alpha value is -1.88. The standard InChI is InChI=1S/C17H25N3O2/c1-2-7-16(21)20-11-6-10-15(20)17(22)19-12-14(18)13-8-4-3-5-9-13/h3-5,8-9,14-15H,2,6-7,10-12,18H2,1H3,(H,19,22). The Bertz CT molecular complexity index is 504. The summed E-state index contributed by atoms with van der Waals surface area (Å²) in [5.74, 6) is -0.0131. The van der Waals surface area contributed by atoms with Crippen molar-refractivity contribution in [2.24, 2.45) is 5.73 Å².